The number of benzene rings is 2. The summed E-state index contributed by atoms with van der Waals surface area (Å²) in [6, 6.07) is 14.1. The predicted molar refractivity (Wildman–Crippen MR) is 130 cm³/mol. The number of nitrogens with zero attached hydrogens (tertiary/aromatic N) is 1. The van der Waals surface area contributed by atoms with E-state index in [1.807, 2.05) is 31.2 Å². The van der Waals surface area contributed by atoms with E-state index in [1.54, 1.807) is 36.3 Å². The quantitative estimate of drug-likeness (QED) is 0.529. The van der Waals surface area contributed by atoms with Crippen molar-refractivity contribution >= 4 is 23.4 Å². The Kier molecular flexibility index (Phi) is 9.43. The van der Waals surface area contributed by atoms with Gasteiger partial charge in [-0.1, -0.05) is 62.1 Å². The molecule has 1 aliphatic carbocycles. The fourth-order valence-corrected chi connectivity index (χ4v) is 4.34. The topological polar surface area (TPSA) is 67.9 Å². The van der Waals surface area contributed by atoms with Crippen molar-refractivity contribution in [3.63, 3.8) is 0 Å². The minimum atomic E-state index is -0.587. The summed E-state index contributed by atoms with van der Waals surface area (Å²) in [5.41, 5.74) is 0.897. The van der Waals surface area contributed by atoms with E-state index in [9.17, 15) is 9.59 Å². The molecule has 0 spiro atoms. The van der Waals surface area contributed by atoms with Gasteiger partial charge >= 0.3 is 0 Å². The molecule has 0 heterocycles. The number of carbonyl (C=O) groups is 2. The van der Waals surface area contributed by atoms with Crippen molar-refractivity contribution in [2.45, 2.75) is 64.1 Å². The number of rotatable bonds is 10. The first-order valence-corrected chi connectivity index (χ1v) is 12.0. The minimum absolute atomic E-state index is 0.107. The number of halogens is 1. The van der Waals surface area contributed by atoms with Gasteiger partial charge in [0.2, 0.25) is 5.91 Å². The van der Waals surface area contributed by atoms with Crippen molar-refractivity contribution in [1.82, 2.24) is 10.2 Å². The van der Waals surface area contributed by atoms with E-state index in [4.69, 9.17) is 21.1 Å². The maximum atomic E-state index is 13.3. The molecule has 6 nitrogen and oxygen atoms in total. The van der Waals surface area contributed by atoms with E-state index in [2.05, 4.69) is 5.32 Å². The van der Waals surface area contributed by atoms with Crippen molar-refractivity contribution in [3.05, 3.63) is 59.1 Å². The summed E-state index contributed by atoms with van der Waals surface area (Å²) in [6.07, 6.45) is 5.95. The maximum absolute atomic E-state index is 13.3. The highest BCUT2D eigenvalue weighted by Crippen LogP contribution is 2.26. The number of para-hydroxylation sites is 2. The molecule has 0 radical (unpaired) electrons. The van der Waals surface area contributed by atoms with Crippen molar-refractivity contribution in [2.24, 2.45) is 0 Å². The lowest BCUT2D eigenvalue weighted by molar-refractivity contribution is -0.143. The Morgan fingerprint density at radius 2 is 1.73 bits per heavy atom. The van der Waals surface area contributed by atoms with E-state index in [0.717, 1.165) is 31.2 Å². The number of nitrogens with one attached hydrogen (secondary N) is 1. The van der Waals surface area contributed by atoms with Crippen LogP contribution in [0.5, 0.6) is 11.5 Å². The third-order valence-corrected chi connectivity index (χ3v) is 6.28. The summed E-state index contributed by atoms with van der Waals surface area (Å²) >= 11 is 6.03. The maximum Gasteiger partial charge on any atom is 0.261 e. The van der Waals surface area contributed by atoms with Crippen molar-refractivity contribution in [3.8, 4) is 11.5 Å². The van der Waals surface area contributed by atoms with Gasteiger partial charge in [0.1, 0.15) is 6.04 Å². The number of carbonyl (C=O) groups excluding carboxylic acids is 2. The second-order valence-corrected chi connectivity index (χ2v) is 8.79. The van der Waals surface area contributed by atoms with Gasteiger partial charge in [0.05, 0.1) is 7.11 Å². The van der Waals surface area contributed by atoms with Gasteiger partial charge in [-0.3, -0.25) is 9.59 Å². The van der Waals surface area contributed by atoms with Crippen LogP contribution in [0.25, 0.3) is 0 Å². The minimum Gasteiger partial charge on any atom is -0.493 e. The van der Waals surface area contributed by atoms with Crippen LogP contribution in [0.4, 0.5) is 0 Å². The molecule has 0 bridgehead atoms. The van der Waals surface area contributed by atoms with Crippen LogP contribution in [0.3, 0.4) is 0 Å². The lowest BCUT2D eigenvalue weighted by Crippen LogP contribution is -2.52. The molecule has 3 rings (SSSR count). The van der Waals surface area contributed by atoms with Gasteiger partial charge < -0.3 is 19.7 Å². The van der Waals surface area contributed by atoms with Crippen LogP contribution in [0.15, 0.2) is 48.5 Å². The van der Waals surface area contributed by atoms with Gasteiger partial charge in [0, 0.05) is 17.6 Å². The van der Waals surface area contributed by atoms with Crippen LogP contribution >= 0.6 is 11.6 Å². The van der Waals surface area contributed by atoms with Gasteiger partial charge in [0.25, 0.3) is 5.91 Å². The highest BCUT2D eigenvalue weighted by Gasteiger charge is 2.30. The van der Waals surface area contributed by atoms with Crippen molar-refractivity contribution in [2.75, 3.05) is 13.7 Å². The average Bonchev–Trinajstić information content (AvgIpc) is 2.84. The van der Waals surface area contributed by atoms with E-state index in [1.165, 1.54) is 6.42 Å². The zero-order valence-electron chi connectivity index (χ0n) is 19.4. The fraction of sp³-hybridized carbons (Fsp3) is 0.462. The Morgan fingerprint density at radius 1 is 1.06 bits per heavy atom. The van der Waals surface area contributed by atoms with Crippen LogP contribution in [-0.2, 0) is 16.1 Å². The Balaban J connectivity index is 1.76. The first kappa shape index (κ1) is 24.9. The molecule has 178 valence electrons. The second-order valence-electron chi connectivity index (χ2n) is 8.36. The summed E-state index contributed by atoms with van der Waals surface area (Å²) in [5.74, 6) is 0.668. The molecule has 1 aliphatic rings. The first-order valence-electron chi connectivity index (χ1n) is 11.6. The van der Waals surface area contributed by atoms with Crippen LogP contribution in [0.2, 0.25) is 5.02 Å². The van der Waals surface area contributed by atoms with E-state index in [-0.39, 0.29) is 24.5 Å². The second kappa shape index (κ2) is 12.5. The molecule has 1 saturated carbocycles. The summed E-state index contributed by atoms with van der Waals surface area (Å²) in [7, 11) is 1.56. The van der Waals surface area contributed by atoms with Gasteiger partial charge in [-0.05, 0) is 49.1 Å². The molecule has 0 saturated heterocycles. The zero-order chi connectivity index (χ0) is 23.6. The standard InChI is InChI=1S/C26H33ClN2O4/c1-3-22(26(31)28-21-9-5-4-6-10-21)29(17-19-13-15-20(27)16-14-19)25(30)18-33-24-12-8-7-11-23(24)32-2/h7-8,11-16,21-22H,3-6,9-10,17-18H2,1-2H3,(H,28,31). The summed E-state index contributed by atoms with van der Waals surface area (Å²) in [4.78, 5) is 28.2. The van der Waals surface area contributed by atoms with Gasteiger partial charge in [0.15, 0.2) is 18.1 Å². The molecule has 1 unspecified atom stereocenters. The SMILES string of the molecule is CCC(C(=O)NC1CCCCC1)N(Cc1ccc(Cl)cc1)C(=O)COc1ccccc1OC. The lowest BCUT2D eigenvalue weighted by atomic mass is 9.95. The smallest absolute Gasteiger partial charge is 0.261 e. The molecule has 2 aromatic carbocycles. The Bertz CT molecular complexity index is 913. The molecule has 1 atom stereocenters. The van der Waals surface area contributed by atoms with Crippen molar-refractivity contribution < 1.29 is 19.1 Å². The molecular weight excluding hydrogens is 440 g/mol. The van der Waals surface area contributed by atoms with Crippen LogP contribution in [-0.4, -0.2) is 42.5 Å². The number of hydrogen-bond donors (Lipinski definition) is 1. The normalized spacial score (nSPS) is 14.9. The van der Waals surface area contributed by atoms with Gasteiger partial charge in [-0.15, -0.1) is 0 Å². The predicted octanol–water partition coefficient (Wildman–Crippen LogP) is 4.98. The number of hydrogen-bond acceptors (Lipinski definition) is 4. The van der Waals surface area contributed by atoms with E-state index >= 15 is 0 Å². The molecule has 0 aromatic heterocycles. The van der Waals surface area contributed by atoms with E-state index < -0.39 is 6.04 Å². The van der Waals surface area contributed by atoms with E-state index in [0.29, 0.717) is 29.5 Å². The van der Waals surface area contributed by atoms with Crippen molar-refractivity contribution in [1.29, 1.82) is 0 Å². The summed E-state index contributed by atoms with van der Waals surface area (Å²) < 4.78 is 11.1. The first-order chi connectivity index (χ1) is 16.0. The average molecular weight is 473 g/mol. The summed E-state index contributed by atoms with van der Waals surface area (Å²) in [5, 5.41) is 3.80. The van der Waals surface area contributed by atoms with Gasteiger partial charge in [-0.25, -0.2) is 0 Å². The van der Waals surface area contributed by atoms with Crippen LogP contribution in [0, 0.1) is 0 Å². The monoisotopic (exact) mass is 472 g/mol. The number of amides is 2. The Labute approximate surface area is 201 Å². The fourth-order valence-electron chi connectivity index (χ4n) is 4.21. The summed E-state index contributed by atoms with van der Waals surface area (Å²) in [6.45, 7) is 2.03. The third kappa shape index (κ3) is 7.13. The lowest BCUT2D eigenvalue weighted by Gasteiger charge is -2.32. The van der Waals surface area contributed by atoms with Crippen LogP contribution in [0.1, 0.15) is 51.0 Å². The molecule has 33 heavy (non-hydrogen) atoms. The third-order valence-electron chi connectivity index (χ3n) is 6.02. The molecular formula is C26H33ClN2O4. The zero-order valence-corrected chi connectivity index (χ0v) is 20.1. The Morgan fingerprint density at radius 3 is 2.36 bits per heavy atom. The molecule has 7 heteroatoms. The molecule has 2 aromatic rings. The van der Waals surface area contributed by atoms with Gasteiger partial charge in [-0.2, -0.15) is 0 Å². The Hall–Kier alpha value is -2.73. The highest BCUT2D eigenvalue weighted by molar-refractivity contribution is 6.30. The number of methoxy groups -OCH3 is 1. The highest BCUT2D eigenvalue weighted by atomic mass is 35.5. The van der Waals surface area contributed by atoms with Crippen LogP contribution < -0.4 is 14.8 Å². The molecule has 2 amide bonds. The molecule has 1 N–H and O–H groups in total. The largest absolute Gasteiger partial charge is 0.493 e. The molecule has 1 fully saturated rings. The number of ether oxygens (including phenoxy) is 2. The molecule has 0 aliphatic heterocycles.